The molecule has 0 unspecified atom stereocenters. The van der Waals surface area contributed by atoms with Crippen LogP contribution >= 0.6 is 24.0 Å². The van der Waals surface area contributed by atoms with Crippen LogP contribution in [0.4, 0.5) is 10.1 Å². The van der Waals surface area contributed by atoms with Gasteiger partial charge in [0.1, 0.15) is 12.4 Å². The van der Waals surface area contributed by atoms with Crippen molar-refractivity contribution in [3.05, 3.63) is 30.1 Å². The molecule has 0 spiro atoms. The van der Waals surface area contributed by atoms with Crippen LogP contribution in [0.5, 0.6) is 0 Å². The predicted molar refractivity (Wildman–Crippen MR) is 124 cm³/mol. The van der Waals surface area contributed by atoms with E-state index in [9.17, 15) is 9.18 Å². The van der Waals surface area contributed by atoms with E-state index < -0.39 is 0 Å². The molecule has 0 saturated carbocycles. The molecule has 1 amide bonds. The Morgan fingerprint density at radius 1 is 1.18 bits per heavy atom. The number of halogens is 2. The molecule has 1 aliphatic rings. The van der Waals surface area contributed by atoms with Gasteiger partial charge in [-0.05, 0) is 64.0 Å². The number of carbonyl (C=O) groups excluding carboxylic acids is 1. The predicted octanol–water partition coefficient (Wildman–Crippen LogP) is 3.20. The van der Waals surface area contributed by atoms with Gasteiger partial charge in [-0.1, -0.05) is 18.9 Å². The zero-order chi connectivity index (χ0) is 19.3. The summed E-state index contributed by atoms with van der Waals surface area (Å²) < 4.78 is 13.2. The fraction of sp³-hybridized carbons (Fsp3) is 0.600. The van der Waals surface area contributed by atoms with E-state index in [0.29, 0.717) is 11.6 Å². The summed E-state index contributed by atoms with van der Waals surface area (Å²) in [4.78, 5) is 18.8. The number of hydrogen-bond acceptors (Lipinski definition) is 3. The Balaban J connectivity index is 0.00000392. The second kappa shape index (κ2) is 14.6. The van der Waals surface area contributed by atoms with Gasteiger partial charge in [0.05, 0.1) is 0 Å². The third-order valence-electron chi connectivity index (χ3n) is 4.48. The molecule has 6 nitrogen and oxygen atoms in total. The molecule has 1 aromatic carbocycles. The molecule has 1 fully saturated rings. The smallest absolute Gasteiger partial charge is 0.246 e. The summed E-state index contributed by atoms with van der Waals surface area (Å²) in [6.45, 7) is 7.01. The van der Waals surface area contributed by atoms with Crippen molar-refractivity contribution in [1.82, 2.24) is 15.5 Å². The number of anilines is 1. The Labute approximate surface area is 184 Å². The number of benzene rings is 1. The number of guanidine groups is 1. The molecule has 1 aromatic rings. The lowest BCUT2D eigenvalue weighted by molar-refractivity contribution is -0.114. The normalized spacial score (nSPS) is 15.3. The van der Waals surface area contributed by atoms with Gasteiger partial charge in [-0.3, -0.25) is 4.79 Å². The maximum absolute atomic E-state index is 13.2. The molecule has 158 valence electrons. The number of rotatable bonds is 8. The molecule has 0 bridgehead atoms. The topological polar surface area (TPSA) is 68.8 Å². The summed E-state index contributed by atoms with van der Waals surface area (Å²) in [7, 11) is 0. The fourth-order valence-corrected chi connectivity index (χ4v) is 3.13. The van der Waals surface area contributed by atoms with E-state index in [4.69, 9.17) is 0 Å². The summed E-state index contributed by atoms with van der Waals surface area (Å²) in [5.74, 6) is -0.0270. The average Bonchev–Trinajstić information content (AvgIpc) is 2.92. The molecule has 28 heavy (non-hydrogen) atoms. The van der Waals surface area contributed by atoms with E-state index in [0.717, 1.165) is 26.1 Å². The highest BCUT2D eigenvalue weighted by atomic mass is 127. The number of nitrogens with zero attached hydrogens (tertiary/aromatic N) is 2. The first-order chi connectivity index (χ1) is 13.2. The van der Waals surface area contributed by atoms with E-state index in [2.05, 4.69) is 25.8 Å². The second-order valence-electron chi connectivity index (χ2n) is 6.79. The molecule has 1 saturated heterocycles. The Morgan fingerprint density at radius 3 is 2.61 bits per heavy atom. The van der Waals surface area contributed by atoms with Crippen molar-refractivity contribution >= 4 is 41.5 Å². The molecule has 0 aromatic heterocycles. The van der Waals surface area contributed by atoms with Crippen molar-refractivity contribution in [2.45, 2.75) is 39.0 Å². The summed E-state index contributed by atoms with van der Waals surface area (Å²) in [5.41, 5.74) is 0.436. The van der Waals surface area contributed by atoms with Crippen LogP contribution in [-0.2, 0) is 4.79 Å². The van der Waals surface area contributed by atoms with Crippen molar-refractivity contribution in [3.63, 3.8) is 0 Å². The number of nitrogens with one attached hydrogen (secondary N) is 3. The van der Waals surface area contributed by atoms with Crippen LogP contribution in [0, 0.1) is 5.82 Å². The summed E-state index contributed by atoms with van der Waals surface area (Å²) >= 11 is 0. The molecular weight excluding hydrogens is 472 g/mol. The van der Waals surface area contributed by atoms with Crippen LogP contribution in [0.15, 0.2) is 29.3 Å². The maximum Gasteiger partial charge on any atom is 0.246 e. The Morgan fingerprint density at radius 2 is 1.93 bits per heavy atom. The number of aliphatic imine (C=N–C) groups is 1. The molecule has 1 aliphatic heterocycles. The van der Waals surface area contributed by atoms with Gasteiger partial charge in [0.2, 0.25) is 5.91 Å². The Kier molecular flexibility index (Phi) is 12.8. The van der Waals surface area contributed by atoms with Crippen LogP contribution in [-0.4, -0.2) is 56.0 Å². The minimum atomic E-state index is -0.379. The van der Waals surface area contributed by atoms with E-state index in [1.54, 1.807) is 12.1 Å². The first-order valence-corrected chi connectivity index (χ1v) is 9.97. The van der Waals surface area contributed by atoms with Crippen LogP contribution in [0.25, 0.3) is 0 Å². The second-order valence-corrected chi connectivity index (χ2v) is 6.79. The molecule has 1 heterocycles. The highest BCUT2D eigenvalue weighted by molar-refractivity contribution is 14.0. The molecule has 2 rings (SSSR count). The van der Waals surface area contributed by atoms with Crippen molar-refractivity contribution in [2.24, 2.45) is 4.99 Å². The zero-order valence-corrected chi connectivity index (χ0v) is 19.0. The summed E-state index contributed by atoms with van der Waals surface area (Å²) in [6, 6.07) is 5.83. The van der Waals surface area contributed by atoms with Gasteiger partial charge >= 0.3 is 0 Å². The van der Waals surface area contributed by atoms with E-state index in [1.807, 2.05) is 6.92 Å². The van der Waals surface area contributed by atoms with E-state index >= 15 is 0 Å². The third kappa shape index (κ3) is 10.2. The molecular formula is C20H33FIN5O. The summed E-state index contributed by atoms with van der Waals surface area (Å²) in [5, 5.41) is 9.07. The highest BCUT2D eigenvalue weighted by Crippen LogP contribution is 2.10. The van der Waals surface area contributed by atoms with Crippen molar-refractivity contribution in [3.8, 4) is 0 Å². The quantitative estimate of drug-likeness (QED) is 0.220. The third-order valence-corrected chi connectivity index (χ3v) is 4.48. The number of carbonyl (C=O) groups is 1. The number of hydrogen-bond donors (Lipinski definition) is 3. The minimum absolute atomic E-state index is 0. The van der Waals surface area contributed by atoms with Crippen LogP contribution in [0.1, 0.15) is 39.0 Å². The van der Waals surface area contributed by atoms with E-state index in [1.165, 1.54) is 50.9 Å². The monoisotopic (exact) mass is 505 g/mol. The van der Waals surface area contributed by atoms with Crippen LogP contribution in [0.3, 0.4) is 0 Å². The standard InChI is InChI=1S/C20H32FN5O.HI/c1-2-22-20(23-11-8-14-26-12-5-3-4-6-13-26)24-16-19(27)25-18-10-7-9-17(21)15-18;/h7,9-10,15H,2-6,8,11-14,16H2,1H3,(H,25,27)(H2,22,23,24);1H. The molecule has 8 heteroatoms. The minimum Gasteiger partial charge on any atom is -0.357 e. The van der Waals surface area contributed by atoms with Gasteiger partial charge in [-0.2, -0.15) is 0 Å². The highest BCUT2D eigenvalue weighted by Gasteiger charge is 2.08. The average molecular weight is 505 g/mol. The van der Waals surface area contributed by atoms with Crippen molar-refractivity contribution < 1.29 is 9.18 Å². The Hall–Kier alpha value is -1.42. The van der Waals surface area contributed by atoms with Gasteiger partial charge in [-0.25, -0.2) is 9.38 Å². The van der Waals surface area contributed by atoms with E-state index in [-0.39, 0.29) is 42.2 Å². The first-order valence-electron chi connectivity index (χ1n) is 9.97. The van der Waals surface area contributed by atoms with Gasteiger partial charge in [-0.15, -0.1) is 24.0 Å². The largest absolute Gasteiger partial charge is 0.357 e. The lowest BCUT2D eigenvalue weighted by atomic mass is 10.2. The van der Waals surface area contributed by atoms with Crippen molar-refractivity contribution in [1.29, 1.82) is 0 Å². The lowest BCUT2D eigenvalue weighted by Crippen LogP contribution is -2.39. The fourth-order valence-electron chi connectivity index (χ4n) is 3.13. The van der Waals surface area contributed by atoms with Gasteiger partial charge in [0.25, 0.3) is 0 Å². The van der Waals surface area contributed by atoms with Crippen LogP contribution in [0.2, 0.25) is 0 Å². The van der Waals surface area contributed by atoms with Gasteiger partial charge in [0, 0.05) is 18.8 Å². The number of amides is 1. The molecule has 0 atom stereocenters. The summed E-state index contributed by atoms with van der Waals surface area (Å²) in [6.07, 6.45) is 6.35. The first kappa shape index (κ1) is 24.6. The van der Waals surface area contributed by atoms with Gasteiger partial charge in [0.15, 0.2) is 5.96 Å². The molecule has 0 radical (unpaired) electrons. The zero-order valence-electron chi connectivity index (χ0n) is 16.7. The number of likely N-dealkylation sites (tertiary alicyclic amines) is 1. The van der Waals surface area contributed by atoms with Crippen molar-refractivity contribution in [2.75, 3.05) is 44.6 Å². The lowest BCUT2D eigenvalue weighted by Gasteiger charge is -2.20. The SMILES string of the molecule is CCNC(=NCC(=O)Nc1cccc(F)c1)NCCCN1CCCCCC1.I. The molecule has 0 aliphatic carbocycles. The van der Waals surface area contributed by atoms with Gasteiger partial charge < -0.3 is 20.9 Å². The van der Waals surface area contributed by atoms with Crippen LogP contribution < -0.4 is 16.0 Å². The molecule has 3 N–H and O–H groups in total. The maximum atomic E-state index is 13.2. The Bertz CT molecular complexity index is 606.